The molecule has 0 amide bonds. The summed E-state index contributed by atoms with van der Waals surface area (Å²) in [7, 11) is 0. The number of H-pyrrole nitrogens is 1. The van der Waals surface area contributed by atoms with Crippen LogP contribution in [0.4, 0.5) is 0 Å². The number of rotatable bonds is 2. The highest BCUT2D eigenvalue weighted by Crippen LogP contribution is 2.30. The van der Waals surface area contributed by atoms with Gasteiger partial charge in [0.15, 0.2) is 5.65 Å². The van der Waals surface area contributed by atoms with Gasteiger partial charge in [-0.25, -0.2) is 14.8 Å². The Morgan fingerprint density at radius 3 is 2.80 bits per heavy atom. The minimum Gasteiger partial charge on any atom is -0.478 e. The average Bonchev–Trinajstić information content (AvgIpc) is 2.83. The third-order valence-electron chi connectivity index (χ3n) is 2.77. The lowest BCUT2D eigenvalue weighted by Gasteiger charge is -2.01. The molecular formula is C13H7Br2N3O2. The largest absolute Gasteiger partial charge is 0.478 e. The van der Waals surface area contributed by atoms with Crippen molar-refractivity contribution in [3.05, 3.63) is 45.0 Å². The lowest BCUT2D eigenvalue weighted by Crippen LogP contribution is -1.96. The van der Waals surface area contributed by atoms with Crippen molar-refractivity contribution in [2.75, 3.05) is 0 Å². The van der Waals surface area contributed by atoms with E-state index in [0.717, 1.165) is 14.5 Å². The van der Waals surface area contributed by atoms with Gasteiger partial charge in [-0.15, -0.1) is 0 Å². The Morgan fingerprint density at radius 1 is 1.25 bits per heavy atom. The fraction of sp³-hybridized carbons (Fsp3) is 0. The molecule has 0 aliphatic rings. The van der Waals surface area contributed by atoms with Crippen molar-refractivity contribution in [3.63, 3.8) is 0 Å². The van der Waals surface area contributed by atoms with Crippen molar-refractivity contribution in [2.45, 2.75) is 0 Å². The van der Waals surface area contributed by atoms with Gasteiger partial charge in [-0.2, -0.15) is 0 Å². The maximum absolute atomic E-state index is 10.9. The summed E-state index contributed by atoms with van der Waals surface area (Å²) in [5.74, 6) is -0.387. The van der Waals surface area contributed by atoms with Crippen molar-refractivity contribution in [1.29, 1.82) is 0 Å². The van der Waals surface area contributed by atoms with Gasteiger partial charge in [-0.3, -0.25) is 0 Å². The first-order valence-electron chi connectivity index (χ1n) is 5.59. The average molecular weight is 397 g/mol. The Labute approximate surface area is 130 Å². The number of benzene rings is 1. The molecule has 20 heavy (non-hydrogen) atoms. The molecule has 0 unspecified atom stereocenters. The molecule has 3 aromatic rings. The van der Waals surface area contributed by atoms with Gasteiger partial charge in [0.2, 0.25) is 0 Å². The monoisotopic (exact) mass is 395 g/mol. The molecule has 0 aliphatic carbocycles. The van der Waals surface area contributed by atoms with Crippen LogP contribution in [0.2, 0.25) is 0 Å². The van der Waals surface area contributed by atoms with E-state index in [4.69, 9.17) is 5.11 Å². The maximum atomic E-state index is 10.9. The second-order valence-electron chi connectivity index (χ2n) is 4.11. The molecule has 0 atom stereocenters. The van der Waals surface area contributed by atoms with Gasteiger partial charge in [0.25, 0.3) is 0 Å². The topological polar surface area (TPSA) is 78.9 Å². The number of halogens is 2. The second kappa shape index (κ2) is 4.99. The van der Waals surface area contributed by atoms with Crippen molar-refractivity contribution in [1.82, 2.24) is 15.0 Å². The fourth-order valence-corrected chi connectivity index (χ4v) is 2.62. The number of carbonyl (C=O) groups is 1. The number of aromatic carboxylic acids is 1. The lowest BCUT2D eigenvalue weighted by atomic mass is 10.2. The van der Waals surface area contributed by atoms with Gasteiger partial charge in [0, 0.05) is 20.7 Å². The number of pyridine rings is 1. The third kappa shape index (κ3) is 2.34. The molecule has 0 radical (unpaired) electrons. The maximum Gasteiger partial charge on any atom is 0.337 e. The molecule has 1 aromatic carbocycles. The summed E-state index contributed by atoms with van der Waals surface area (Å²) in [5, 5.41) is 8.96. The molecule has 7 heteroatoms. The molecular weight excluding hydrogens is 390 g/mol. The first-order chi connectivity index (χ1) is 9.54. The Balaban J connectivity index is 2.17. The molecule has 5 nitrogen and oxygen atoms in total. The SMILES string of the molecule is O=C(O)c1cnc2nc(-c3cc(Br)ccc3Br)[nH]c2c1. The van der Waals surface area contributed by atoms with Gasteiger partial charge >= 0.3 is 5.97 Å². The lowest BCUT2D eigenvalue weighted by molar-refractivity contribution is 0.0696. The first-order valence-corrected chi connectivity index (χ1v) is 7.17. The zero-order valence-corrected chi connectivity index (χ0v) is 13.1. The predicted molar refractivity (Wildman–Crippen MR) is 81.7 cm³/mol. The van der Waals surface area contributed by atoms with E-state index < -0.39 is 5.97 Å². The summed E-state index contributed by atoms with van der Waals surface area (Å²) in [4.78, 5) is 22.4. The highest BCUT2D eigenvalue weighted by Gasteiger charge is 2.12. The number of aromatic amines is 1. The normalized spacial score (nSPS) is 10.9. The van der Waals surface area contributed by atoms with Gasteiger partial charge in [-0.1, -0.05) is 31.9 Å². The van der Waals surface area contributed by atoms with E-state index in [9.17, 15) is 4.79 Å². The van der Waals surface area contributed by atoms with Gasteiger partial charge in [-0.05, 0) is 24.3 Å². The van der Waals surface area contributed by atoms with Crippen LogP contribution in [0.15, 0.2) is 39.4 Å². The van der Waals surface area contributed by atoms with Crippen LogP contribution in [0.5, 0.6) is 0 Å². The molecule has 100 valence electrons. The zero-order valence-electron chi connectivity index (χ0n) is 9.89. The van der Waals surface area contributed by atoms with E-state index in [0.29, 0.717) is 17.0 Å². The van der Waals surface area contributed by atoms with Crippen LogP contribution in [0.1, 0.15) is 10.4 Å². The van der Waals surface area contributed by atoms with E-state index in [1.807, 2.05) is 18.2 Å². The van der Waals surface area contributed by atoms with E-state index >= 15 is 0 Å². The highest BCUT2D eigenvalue weighted by molar-refractivity contribution is 9.11. The number of nitrogens with zero attached hydrogens (tertiary/aromatic N) is 2. The third-order valence-corrected chi connectivity index (χ3v) is 3.95. The fourth-order valence-electron chi connectivity index (χ4n) is 1.82. The number of aromatic nitrogens is 3. The predicted octanol–water partition coefficient (Wildman–Crippen LogP) is 3.85. The van der Waals surface area contributed by atoms with Crippen LogP contribution >= 0.6 is 31.9 Å². The van der Waals surface area contributed by atoms with Gasteiger partial charge in [0.05, 0.1) is 11.1 Å². The molecule has 0 fully saturated rings. The van der Waals surface area contributed by atoms with Gasteiger partial charge < -0.3 is 10.1 Å². The number of hydrogen-bond donors (Lipinski definition) is 2. The van der Waals surface area contributed by atoms with Gasteiger partial charge in [0.1, 0.15) is 5.82 Å². The minimum absolute atomic E-state index is 0.126. The Morgan fingerprint density at radius 2 is 2.05 bits per heavy atom. The molecule has 0 bridgehead atoms. The number of carboxylic acids is 1. The van der Waals surface area contributed by atoms with E-state index in [2.05, 4.69) is 46.8 Å². The van der Waals surface area contributed by atoms with E-state index in [-0.39, 0.29) is 5.56 Å². The molecule has 2 heterocycles. The van der Waals surface area contributed by atoms with E-state index in [1.165, 1.54) is 12.3 Å². The number of hydrogen-bond acceptors (Lipinski definition) is 3. The summed E-state index contributed by atoms with van der Waals surface area (Å²) in [6.07, 6.45) is 1.30. The highest BCUT2D eigenvalue weighted by atomic mass is 79.9. The molecule has 2 aromatic heterocycles. The van der Waals surface area contributed by atoms with Crippen LogP contribution in [0.3, 0.4) is 0 Å². The summed E-state index contributed by atoms with van der Waals surface area (Å²) in [6, 6.07) is 7.26. The first kappa shape index (κ1) is 13.3. The molecule has 0 saturated carbocycles. The summed E-state index contributed by atoms with van der Waals surface area (Å²) in [6.45, 7) is 0. The van der Waals surface area contributed by atoms with Crippen LogP contribution in [0.25, 0.3) is 22.6 Å². The summed E-state index contributed by atoms with van der Waals surface area (Å²) in [5.41, 5.74) is 2.07. The van der Waals surface area contributed by atoms with Crippen LogP contribution in [0, 0.1) is 0 Å². The summed E-state index contributed by atoms with van der Waals surface area (Å²) < 4.78 is 1.81. The number of fused-ring (bicyclic) bond motifs is 1. The minimum atomic E-state index is -1.01. The molecule has 0 saturated heterocycles. The molecule has 3 rings (SSSR count). The van der Waals surface area contributed by atoms with Crippen molar-refractivity contribution < 1.29 is 9.90 Å². The zero-order chi connectivity index (χ0) is 14.3. The van der Waals surface area contributed by atoms with E-state index in [1.54, 1.807) is 0 Å². The van der Waals surface area contributed by atoms with Crippen LogP contribution in [-0.4, -0.2) is 26.0 Å². The van der Waals surface area contributed by atoms with Crippen LogP contribution in [-0.2, 0) is 0 Å². The van der Waals surface area contributed by atoms with Crippen molar-refractivity contribution in [3.8, 4) is 11.4 Å². The Bertz CT molecular complexity index is 830. The van der Waals surface area contributed by atoms with Crippen LogP contribution < -0.4 is 0 Å². The molecule has 2 N–H and O–H groups in total. The molecule has 0 spiro atoms. The van der Waals surface area contributed by atoms with Crippen molar-refractivity contribution in [2.24, 2.45) is 0 Å². The standard InChI is InChI=1S/C13H7Br2N3O2/c14-7-1-2-9(15)8(4-7)11-17-10-3-6(13(19)20)5-16-12(10)18-11/h1-5H,(H,19,20)(H,16,17,18). The Hall–Kier alpha value is -1.73. The number of nitrogens with one attached hydrogen (secondary N) is 1. The number of imidazole rings is 1. The quantitative estimate of drug-likeness (QED) is 0.689. The summed E-state index contributed by atoms with van der Waals surface area (Å²) >= 11 is 6.88. The van der Waals surface area contributed by atoms with Crippen molar-refractivity contribution >= 4 is 49.0 Å². The second-order valence-corrected chi connectivity index (χ2v) is 5.88. The molecule has 0 aliphatic heterocycles. The number of carboxylic acid groups (broad SMARTS) is 1. The Kier molecular flexibility index (Phi) is 3.31. The smallest absolute Gasteiger partial charge is 0.337 e.